The topological polar surface area (TPSA) is 237 Å². The van der Waals surface area contributed by atoms with Crippen molar-refractivity contribution in [3.05, 3.63) is 0 Å². The molecular formula is C89H174O17P2. The van der Waals surface area contributed by atoms with Crippen molar-refractivity contribution in [3.8, 4) is 0 Å². The highest BCUT2D eigenvalue weighted by atomic mass is 31.2. The van der Waals surface area contributed by atoms with Crippen molar-refractivity contribution < 1.29 is 80.2 Å². The zero-order valence-corrected chi connectivity index (χ0v) is 72.6. The zero-order chi connectivity index (χ0) is 78.9. The molecule has 0 amide bonds. The molecule has 0 aliphatic rings. The molecule has 0 saturated heterocycles. The number of unbranched alkanes of at least 4 members (excludes halogenated alkanes) is 64. The van der Waals surface area contributed by atoms with Crippen molar-refractivity contribution in [2.75, 3.05) is 39.6 Å². The van der Waals surface area contributed by atoms with Crippen LogP contribution in [0, 0.1) is 0 Å². The van der Waals surface area contributed by atoms with Crippen LogP contribution in [0.25, 0.3) is 0 Å². The van der Waals surface area contributed by atoms with E-state index in [1.54, 1.807) is 0 Å². The van der Waals surface area contributed by atoms with Crippen molar-refractivity contribution >= 4 is 39.5 Å². The molecule has 0 aromatic carbocycles. The van der Waals surface area contributed by atoms with Gasteiger partial charge in [-0.25, -0.2) is 9.13 Å². The van der Waals surface area contributed by atoms with Crippen LogP contribution in [-0.2, 0) is 65.4 Å². The molecule has 0 heterocycles. The second-order valence-corrected chi connectivity index (χ2v) is 34.9. The normalized spacial score (nSPS) is 13.7. The first-order valence-corrected chi connectivity index (χ1v) is 49.3. The van der Waals surface area contributed by atoms with Gasteiger partial charge in [-0.2, -0.15) is 0 Å². The number of hydrogen-bond acceptors (Lipinski definition) is 15. The summed E-state index contributed by atoms with van der Waals surface area (Å²) in [6, 6.07) is 0. The Bertz CT molecular complexity index is 2030. The number of carbonyl (C=O) groups is 4. The van der Waals surface area contributed by atoms with E-state index in [4.69, 9.17) is 37.0 Å². The number of esters is 4. The van der Waals surface area contributed by atoms with Crippen LogP contribution in [0.4, 0.5) is 0 Å². The molecule has 19 heteroatoms. The average molecular weight is 1580 g/mol. The maximum absolute atomic E-state index is 13.2. The second-order valence-electron chi connectivity index (χ2n) is 32.0. The van der Waals surface area contributed by atoms with Crippen molar-refractivity contribution in [3.63, 3.8) is 0 Å². The van der Waals surface area contributed by atoms with Gasteiger partial charge in [0.15, 0.2) is 12.2 Å². The van der Waals surface area contributed by atoms with Crippen molar-refractivity contribution in [1.82, 2.24) is 0 Å². The van der Waals surface area contributed by atoms with E-state index in [0.717, 1.165) is 89.9 Å². The number of aliphatic hydroxyl groups excluding tert-OH is 1. The number of aliphatic hydroxyl groups is 1. The van der Waals surface area contributed by atoms with Crippen molar-refractivity contribution in [2.45, 2.75) is 508 Å². The first kappa shape index (κ1) is 106. The molecule has 0 aromatic heterocycles. The highest BCUT2D eigenvalue weighted by Crippen LogP contribution is 2.45. The predicted molar refractivity (Wildman–Crippen MR) is 446 cm³/mol. The molecule has 0 rings (SSSR count). The second kappa shape index (κ2) is 83.0. The van der Waals surface area contributed by atoms with Crippen LogP contribution in [0.5, 0.6) is 0 Å². The number of ether oxygens (including phenoxy) is 4. The summed E-state index contributed by atoms with van der Waals surface area (Å²) in [5.41, 5.74) is 0. The fourth-order valence-electron chi connectivity index (χ4n) is 14.1. The minimum Gasteiger partial charge on any atom is -0.462 e. The SMILES string of the molecule is CCCCCCCCCCCCCCCCCCCCCCCCC(=O)OC[C@H](COP(=O)(O)OC[C@@H](O)COP(=O)(O)OC[C@@H](COC(=O)CCCCCCCCCCCCC)OC(=O)CCCCCCCCCCCCCCC)OC(=O)CCCCCCCCCCCCCCCCCCCCCCCC. The maximum atomic E-state index is 13.2. The summed E-state index contributed by atoms with van der Waals surface area (Å²) < 4.78 is 68.9. The third-order valence-electron chi connectivity index (χ3n) is 21.1. The van der Waals surface area contributed by atoms with Crippen LogP contribution in [0.3, 0.4) is 0 Å². The van der Waals surface area contributed by atoms with E-state index >= 15 is 0 Å². The minimum atomic E-state index is -4.97. The van der Waals surface area contributed by atoms with Gasteiger partial charge in [0, 0.05) is 25.7 Å². The van der Waals surface area contributed by atoms with E-state index in [2.05, 4.69) is 27.7 Å². The quantitative estimate of drug-likeness (QED) is 0.0222. The Morgan fingerprint density at radius 2 is 0.370 bits per heavy atom. The summed E-state index contributed by atoms with van der Waals surface area (Å²) in [7, 11) is -9.93. The van der Waals surface area contributed by atoms with Crippen LogP contribution in [0.15, 0.2) is 0 Å². The lowest BCUT2D eigenvalue weighted by atomic mass is 10.0. The van der Waals surface area contributed by atoms with Gasteiger partial charge in [-0.3, -0.25) is 37.3 Å². The molecule has 0 fully saturated rings. The number of phosphoric ester groups is 2. The monoisotopic (exact) mass is 1580 g/mol. The summed E-state index contributed by atoms with van der Waals surface area (Å²) in [6.45, 7) is 5.06. The van der Waals surface area contributed by atoms with Crippen LogP contribution < -0.4 is 0 Å². The highest BCUT2D eigenvalue weighted by molar-refractivity contribution is 7.47. The lowest BCUT2D eigenvalue weighted by Gasteiger charge is -2.21. The molecule has 0 spiro atoms. The van der Waals surface area contributed by atoms with Crippen molar-refractivity contribution in [2.24, 2.45) is 0 Å². The number of carbonyl (C=O) groups excluding carboxylic acids is 4. The Morgan fingerprint density at radius 1 is 0.222 bits per heavy atom. The lowest BCUT2D eigenvalue weighted by molar-refractivity contribution is -0.161. The maximum Gasteiger partial charge on any atom is 0.472 e. The third-order valence-corrected chi connectivity index (χ3v) is 23.0. The van der Waals surface area contributed by atoms with E-state index in [-0.39, 0.29) is 25.7 Å². The van der Waals surface area contributed by atoms with Gasteiger partial charge in [-0.05, 0) is 25.7 Å². The Labute approximate surface area is 664 Å². The Kier molecular flexibility index (Phi) is 81.5. The van der Waals surface area contributed by atoms with Gasteiger partial charge < -0.3 is 33.8 Å². The molecule has 108 heavy (non-hydrogen) atoms. The molecule has 17 nitrogen and oxygen atoms in total. The van der Waals surface area contributed by atoms with E-state index in [1.165, 1.54) is 321 Å². The molecule has 0 aliphatic heterocycles. The van der Waals surface area contributed by atoms with E-state index in [1.807, 2.05) is 0 Å². The first-order valence-electron chi connectivity index (χ1n) is 46.3. The number of rotatable bonds is 90. The molecule has 0 radical (unpaired) electrons. The largest absolute Gasteiger partial charge is 0.472 e. The third kappa shape index (κ3) is 82.1. The lowest BCUT2D eigenvalue weighted by Crippen LogP contribution is -2.30. The molecule has 5 atom stereocenters. The number of phosphoric acid groups is 2. The average Bonchev–Trinajstić information content (AvgIpc) is 0.901. The molecule has 2 unspecified atom stereocenters. The Balaban J connectivity index is 5.19. The van der Waals surface area contributed by atoms with Gasteiger partial charge in [0.25, 0.3) is 0 Å². The Morgan fingerprint density at radius 3 is 0.546 bits per heavy atom. The predicted octanol–water partition coefficient (Wildman–Crippen LogP) is 27.7. The van der Waals surface area contributed by atoms with E-state index in [9.17, 15) is 43.2 Å². The smallest absolute Gasteiger partial charge is 0.462 e. The molecule has 0 aromatic rings. The highest BCUT2D eigenvalue weighted by Gasteiger charge is 2.30. The summed E-state index contributed by atoms with van der Waals surface area (Å²) >= 11 is 0. The summed E-state index contributed by atoms with van der Waals surface area (Å²) in [4.78, 5) is 73.3. The zero-order valence-electron chi connectivity index (χ0n) is 70.8. The van der Waals surface area contributed by atoms with Gasteiger partial charge in [0.2, 0.25) is 0 Å². The van der Waals surface area contributed by atoms with Gasteiger partial charge in [0.05, 0.1) is 26.4 Å². The summed E-state index contributed by atoms with van der Waals surface area (Å²) in [5.74, 6) is -2.10. The standard InChI is InChI=1S/C89H174O17P2/c1-5-9-13-17-21-25-29-32-34-36-38-40-42-44-46-48-51-54-58-62-66-70-74-87(92)100-80-85(106-89(94)76-72-68-64-60-56-52-49-47-45-43-41-39-37-35-33-30-26-22-18-14-10-6-2)82-104-108(97,98)102-78-83(90)77-101-107(95,96)103-81-84(79-99-86(91)73-69-65-61-57-53-28-24-20-16-12-8-4)105-88(93)75-71-67-63-59-55-50-31-27-23-19-15-11-7-3/h83-85,90H,5-82H2,1-4H3,(H,95,96)(H,97,98)/t83-,84+,85+/m0/s1. The van der Waals surface area contributed by atoms with Gasteiger partial charge in [-0.1, -0.05) is 439 Å². The fourth-order valence-corrected chi connectivity index (χ4v) is 15.6. The molecule has 0 bridgehead atoms. The van der Waals surface area contributed by atoms with Crippen LogP contribution in [0.2, 0.25) is 0 Å². The molecule has 0 aliphatic carbocycles. The van der Waals surface area contributed by atoms with Crippen molar-refractivity contribution in [1.29, 1.82) is 0 Å². The minimum absolute atomic E-state index is 0.109. The number of hydrogen-bond donors (Lipinski definition) is 3. The summed E-state index contributed by atoms with van der Waals surface area (Å²) in [6.07, 6.45) is 79.3. The van der Waals surface area contributed by atoms with Crippen LogP contribution in [-0.4, -0.2) is 96.7 Å². The summed E-state index contributed by atoms with van der Waals surface area (Å²) in [5, 5.41) is 10.7. The Hall–Kier alpha value is -1.94. The first-order chi connectivity index (χ1) is 52.7. The van der Waals surface area contributed by atoms with E-state index < -0.39 is 97.5 Å². The van der Waals surface area contributed by atoms with Gasteiger partial charge in [-0.15, -0.1) is 0 Å². The van der Waals surface area contributed by atoms with Gasteiger partial charge in [0.1, 0.15) is 19.3 Å². The van der Waals surface area contributed by atoms with Gasteiger partial charge >= 0.3 is 39.5 Å². The van der Waals surface area contributed by atoms with Crippen LogP contribution in [0.1, 0.15) is 490 Å². The molecular weight excluding hydrogens is 1400 g/mol. The molecule has 642 valence electrons. The molecule has 0 saturated carbocycles. The van der Waals surface area contributed by atoms with E-state index in [0.29, 0.717) is 25.7 Å². The fraction of sp³-hybridized carbons (Fsp3) is 0.955. The van der Waals surface area contributed by atoms with Crippen LogP contribution >= 0.6 is 15.6 Å². The molecule has 3 N–H and O–H groups in total.